The second-order valence-corrected chi connectivity index (χ2v) is 11.1. The third-order valence-electron chi connectivity index (χ3n) is 8.71. The zero-order chi connectivity index (χ0) is 27.6. The van der Waals surface area contributed by atoms with Gasteiger partial charge in [-0.3, -0.25) is 0 Å². The third-order valence-corrected chi connectivity index (χ3v) is 8.71. The summed E-state index contributed by atoms with van der Waals surface area (Å²) in [6.07, 6.45) is 0. The molecular formula is C40H26N2. The number of aromatic nitrogens is 2. The number of para-hydroxylation sites is 1. The molecule has 0 fully saturated rings. The van der Waals surface area contributed by atoms with Gasteiger partial charge in [-0.25, -0.2) is 0 Å². The van der Waals surface area contributed by atoms with Gasteiger partial charge in [-0.05, 0) is 75.5 Å². The molecule has 7 aromatic carbocycles. The molecule has 0 aliphatic carbocycles. The molecule has 0 aliphatic rings. The summed E-state index contributed by atoms with van der Waals surface area (Å²) in [5.74, 6) is 0. The smallest absolute Gasteiger partial charge is 0.0547 e. The predicted octanol–water partition coefficient (Wildman–Crippen LogP) is 10.9. The van der Waals surface area contributed by atoms with Crippen LogP contribution in [0.15, 0.2) is 152 Å². The minimum Gasteiger partial charge on any atom is -0.354 e. The largest absolute Gasteiger partial charge is 0.354 e. The standard InChI is InChI=1S/C40H26N2/c1-2-9-26(10-3-1)27-17-20-31(21-18-27)42-38-16-7-6-13-33(38)34-22-19-30(25-39(34)42)32-14-8-15-36-40(32)35-23-28-11-4-5-12-29(28)24-37(35)41-36/h1-25,41H. The van der Waals surface area contributed by atoms with Crippen molar-refractivity contribution in [2.75, 3.05) is 0 Å². The number of hydrogen-bond acceptors (Lipinski definition) is 0. The van der Waals surface area contributed by atoms with Crippen LogP contribution in [0.2, 0.25) is 0 Å². The highest BCUT2D eigenvalue weighted by atomic mass is 15.0. The van der Waals surface area contributed by atoms with E-state index in [0.29, 0.717) is 0 Å². The van der Waals surface area contributed by atoms with Gasteiger partial charge in [-0.2, -0.15) is 0 Å². The highest BCUT2D eigenvalue weighted by Crippen LogP contribution is 2.39. The summed E-state index contributed by atoms with van der Waals surface area (Å²) in [7, 11) is 0. The third kappa shape index (κ3) is 3.45. The maximum absolute atomic E-state index is 3.69. The first-order valence-corrected chi connectivity index (χ1v) is 14.4. The van der Waals surface area contributed by atoms with Gasteiger partial charge in [0.15, 0.2) is 0 Å². The van der Waals surface area contributed by atoms with E-state index in [1.54, 1.807) is 0 Å². The summed E-state index contributed by atoms with van der Waals surface area (Å²) in [5, 5.41) is 7.57. The van der Waals surface area contributed by atoms with Crippen LogP contribution in [0.5, 0.6) is 0 Å². The van der Waals surface area contributed by atoms with Gasteiger partial charge < -0.3 is 9.55 Å². The maximum Gasteiger partial charge on any atom is 0.0547 e. The fourth-order valence-electron chi connectivity index (χ4n) is 6.73. The van der Waals surface area contributed by atoms with Crippen LogP contribution in [0.4, 0.5) is 0 Å². The number of fused-ring (bicyclic) bond motifs is 7. The Bertz CT molecular complexity index is 2440. The van der Waals surface area contributed by atoms with Gasteiger partial charge in [0.2, 0.25) is 0 Å². The van der Waals surface area contributed by atoms with Gasteiger partial charge in [0.05, 0.1) is 11.0 Å². The molecule has 0 radical (unpaired) electrons. The lowest BCUT2D eigenvalue weighted by Crippen LogP contribution is -1.94. The molecule has 9 aromatic rings. The molecule has 0 aliphatic heterocycles. The summed E-state index contributed by atoms with van der Waals surface area (Å²) < 4.78 is 2.41. The number of rotatable bonds is 3. The first kappa shape index (κ1) is 23.1. The SMILES string of the molecule is c1ccc(-c2ccc(-n3c4ccccc4c4ccc(-c5cccc6[nH]c7cc8ccccc8cc7c56)cc43)cc2)cc1. The normalized spacial score (nSPS) is 11.8. The molecular weight excluding hydrogens is 508 g/mol. The zero-order valence-corrected chi connectivity index (χ0v) is 22.9. The van der Waals surface area contributed by atoms with Crippen molar-refractivity contribution >= 4 is 54.4 Å². The second kappa shape index (κ2) is 8.95. The van der Waals surface area contributed by atoms with Crippen LogP contribution in [0.3, 0.4) is 0 Å². The van der Waals surface area contributed by atoms with E-state index in [0.717, 1.165) is 11.2 Å². The Balaban J connectivity index is 1.28. The van der Waals surface area contributed by atoms with Crippen molar-refractivity contribution in [1.29, 1.82) is 0 Å². The monoisotopic (exact) mass is 534 g/mol. The molecule has 0 saturated carbocycles. The summed E-state index contributed by atoms with van der Waals surface area (Å²) in [6, 6.07) is 55.0. The molecule has 0 unspecified atom stereocenters. The Labute approximate surface area is 243 Å². The molecule has 0 atom stereocenters. The number of benzene rings is 7. The summed E-state index contributed by atoms with van der Waals surface area (Å²) in [4.78, 5) is 3.69. The molecule has 2 aromatic heterocycles. The van der Waals surface area contributed by atoms with Crippen LogP contribution >= 0.6 is 0 Å². The second-order valence-electron chi connectivity index (χ2n) is 11.1. The van der Waals surface area contributed by atoms with Gasteiger partial charge in [0.1, 0.15) is 0 Å². The van der Waals surface area contributed by atoms with Crippen molar-refractivity contribution in [3.05, 3.63) is 152 Å². The van der Waals surface area contributed by atoms with Gasteiger partial charge in [-0.1, -0.05) is 109 Å². The Morgan fingerprint density at radius 2 is 1.10 bits per heavy atom. The Morgan fingerprint density at radius 1 is 0.405 bits per heavy atom. The quantitative estimate of drug-likeness (QED) is 0.233. The van der Waals surface area contributed by atoms with Crippen molar-refractivity contribution in [2.45, 2.75) is 0 Å². The van der Waals surface area contributed by atoms with Crippen LogP contribution in [-0.2, 0) is 0 Å². The average Bonchev–Trinajstić information content (AvgIpc) is 3.59. The highest BCUT2D eigenvalue weighted by Gasteiger charge is 2.16. The lowest BCUT2D eigenvalue weighted by atomic mass is 9.97. The zero-order valence-electron chi connectivity index (χ0n) is 22.9. The lowest BCUT2D eigenvalue weighted by Gasteiger charge is -2.11. The molecule has 196 valence electrons. The van der Waals surface area contributed by atoms with Gasteiger partial charge in [0, 0.05) is 38.3 Å². The lowest BCUT2D eigenvalue weighted by molar-refractivity contribution is 1.18. The van der Waals surface area contributed by atoms with Gasteiger partial charge in [0.25, 0.3) is 0 Å². The van der Waals surface area contributed by atoms with Crippen molar-refractivity contribution in [3.8, 4) is 27.9 Å². The summed E-state index contributed by atoms with van der Waals surface area (Å²) in [6.45, 7) is 0. The van der Waals surface area contributed by atoms with E-state index in [9.17, 15) is 0 Å². The maximum atomic E-state index is 3.69. The van der Waals surface area contributed by atoms with Crippen molar-refractivity contribution in [3.63, 3.8) is 0 Å². The van der Waals surface area contributed by atoms with Crippen LogP contribution in [-0.4, -0.2) is 9.55 Å². The first-order chi connectivity index (χ1) is 20.8. The average molecular weight is 535 g/mol. The van der Waals surface area contributed by atoms with Crippen LogP contribution in [0.1, 0.15) is 0 Å². The molecule has 2 heterocycles. The van der Waals surface area contributed by atoms with E-state index in [1.807, 2.05) is 0 Å². The fraction of sp³-hybridized carbons (Fsp3) is 0. The van der Waals surface area contributed by atoms with Crippen LogP contribution in [0.25, 0.3) is 82.3 Å². The van der Waals surface area contributed by atoms with E-state index in [-0.39, 0.29) is 0 Å². The Morgan fingerprint density at radius 3 is 1.95 bits per heavy atom. The van der Waals surface area contributed by atoms with Crippen molar-refractivity contribution < 1.29 is 0 Å². The Hall–Kier alpha value is -5.60. The van der Waals surface area contributed by atoms with Crippen molar-refractivity contribution in [2.24, 2.45) is 0 Å². The highest BCUT2D eigenvalue weighted by molar-refractivity contribution is 6.18. The van der Waals surface area contributed by atoms with E-state index >= 15 is 0 Å². The minimum atomic E-state index is 1.16. The minimum absolute atomic E-state index is 1.16. The molecule has 0 bridgehead atoms. The van der Waals surface area contributed by atoms with Gasteiger partial charge >= 0.3 is 0 Å². The fourth-order valence-corrected chi connectivity index (χ4v) is 6.73. The molecule has 42 heavy (non-hydrogen) atoms. The number of hydrogen-bond donors (Lipinski definition) is 1. The number of aromatic amines is 1. The summed E-state index contributed by atoms with van der Waals surface area (Å²) in [5.41, 5.74) is 10.8. The number of nitrogens with one attached hydrogen (secondary N) is 1. The molecule has 2 nitrogen and oxygen atoms in total. The van der Waals surface area contributed by atoms with E-state index in [1.165, 1.54) is 71.1 Å². The molecule has 0 amide bonds. The topological polar surface area (TPSA) is 20.7 Å². The van der Waals surface area contributed by atoms with Gasteiger partial charge in [-0.15, -0.1) is 0 Å². The van der Waals surface area contributed by atoms with Crippen LogP contribution in [0, 0.1) is 0 Å². The van der Waals surface area contributed by atoms with E-state index in [2.05, 4.69) is 161 Å². The van der Waals surface area contributed by atoms with Crippen molar-refractivity contribution in [1.82, 2.24) is 9.55 Å². The first-order valence-electron chi connectivity index (χ1n) is 14.4. The van der Waals surface area contributed by atoms with E-state index < -0.39 is 0 Å². The van der Waals surface area contributed by atoms with E-state index in [4.69, 9.17) is 0 Å². The molecule has 0 spiro atoms. The number of H-pyrrole nitrogens is 1. The number of nitrogens with zero attached hydrogens (tertiary/aromatic N) is 1. The molecule has 2 heteroatoms. The summed E-state index contributed by atoms with van der Waals surface area (Å²) >= 11 is 0. The van der Waals surface area contributed by atoms with Crippen LogP contribution < -0.4 is 0 Å². The molecule has 1 N–H and O–H groups in total. The molecule has 0 saturated heterocycles. The predicted molar refractivity (Wildman–Crippen MR) is 179 cm³/mol. The molecule has 9 rings (SSSR count). The Kier molecular flexibility index (Phi) is 4.93.